The Morgan fingerprint density at radius 3 is 2.63 bits per heavy atom. The second kappa shape index (κ2) is 7.22. The highest BCUT2D eigenvalue weighted by Crippen LogP contribution is 2.27. The van der Waals surface area contributed by atoms with Crippen LogP contribution in [0.25, 0.3) is 10.9 Å². The van der Waals surface area contributed by atoms with Crippen LogP contribution in [0.4, 0.5) is 4.79 Å². The van der Waals surface area contributed by atoms with Gasteiger partial charge in [0.05, 0.1) is 13.5 Å². The summed E-state index contributed by atoms with van der Waals surface area (Å²) in [4.78, 5) is 44.9. The summed E-state index contributed by atoms with van der Waals surface area (Å²) in [6, 6.07) is 6.34. The lowest BCUT2D eigenvalue weighted by molar-refractivity contribution is -0.135. The summed E-state index contributed by atoms with van der Waals surface area (Å²) >= 11 is 0. The van der Waals surface area contributed by atoms with E-state index in [9.17, 15) is 14.4 Å². The minimum atomic E-state index is -0.758. The number of methoxy groups -OCH3 is 1. The van der Waals surface area contributed by atoms with Crippen LogP contribution in [0.3, 0.4) is 0 Å². The molecule has 0 N–H and O–H groups in total. The van der Waals surface area contributed by atoms with Crippen molar-refractivity contribution in [3.63, 3.8) is 0 Å². The van der Waals surface area contributed by atoms with Crippen molar-refractivity contribution < 1.29 is 19.1 Å². The number of carbonyl (C=O) groups excluding carboxylic acids is 3. The van der Waals surface area contributed by atoms with Gasteiger partial charge in [0.25, 0.3) is 5.91 Å². The van der Waals surface area contributed by atoms with Gasteiger partial charge in [0.1, 0.15) is 17.3 Å². The molecule has 0 radical (unpaired) electrons. The summed E-state index contributed by atoms with van der Waals surface area (Å²) in [7, 11) is 6.22. The largest absolute Gasteiger partial charge is 0.494 e. The molecule has 2 heterocycles. The van der Waals surface area contributed by atoms with Gasteiger partial charge in [0.2, 0.25) is 5.91 Å². The molecule has 1 fully saturated rings. The molecule has 2 aromatic rings. The molecule has 4 amide bonds. The van der Waals surface area contributed by atoms with E-state index in [4.69, 9.17) is 4.74 Å². The lowest BCUT2D eigenvalue weighted by Gasteiger charge is -2.22. The van der Waals surface area contributed by atoms with Crippen molar-refractivity contribution in [1.82, 2.24) is 19.7 Å². The molecule has 0 saturated carbocycles. The molecule has 142 valence electrons. The molecule has 1 aromatic heterocycles. The van der Waals surface area contributed by atoms with E-state index in [2.05, 4.69) is 4.98 Å². The minimum absolute atomic E-state index is 0.0474. The van der Waals surface area contributed by atoms with Gasteiger partial charge in [0, 0.05) is 39.3 Å². The van der Waals surface area contributed by atoms with Gasteiger partial charge >= 0.3 is 6.03 Å². The lowest BCUT2D eigenvalue weighted by atomic mass is 10.1. The van der Waals surface area contributed by atoms with Crippen molar-refractivity contribution in [3.05, 3.63) is 36.0 Å². The Labute approximate surface area is 157 Å². The molecular weight excluding hydrogens is 348 g/mol. The number of nitrogens with zero attached hydrogens (tertiary/aromatic N) is 4. The Balaban J connectivity index is 1.77. The molecule has 0 spiro atoms. The molecule has 1 unspecified atom stereocenters. The van der Waals surface area contributed by atoms with Crippen molar-refractivity contribution in [1.29, 1.82) is 0 Å². The normalized spacial score (nSPS) is 17.0. The summed E-state index contributed by atoms with van der Waals surface area (Å²) in [6.07, 6.45) is 1.65. The standard InChI is InChI=1S/C19H22N4O4/c1-21(16(24)10-14-18(25)23(3)19(26)22(14)2)11-12-7-8-15(27-4)17-13(12)6-5-9-20-17/h5-9,14H,10-11H2,1-4H3. The molecule has 27 heavy (non-hydrogen) atoms. The maximum Gasteiger partial charge on any atom is 0.326 e. The average Bonchev–Trinajstić information content (AvgIpc) is 2.86. The van der Waals surface area contributed by atoms with E-state index in [0.29, 0.717) is 12.3 Å². The molecular formula is C19H22N4O4. The number of amides is 4. The van der Waals surface area contributed by atoms with Gasteiger partial charge in [-0.3, -0.25) is 19.5 Å². The van der Waals surface area contributed by atoms with Crippen molar-refractivity contribution >= 4 is 28.7 Å². The maximum absolute atomic E-state index is 12.6. The van der Waals surface area contributed by atoms with Gasteiger partial charge in [-0.15, -0.1) is 0 Å². The van der Waals surface area contributed by atoms with Gasteiger partial charge in [-0.05, 0) is 17.7 Å². The molecule has 1 aromatic carbocycles. The zero-order chi connectivity index (χ0) is 19.7. The molecule has 0 bridgehead atoms. The van der Waals surface area contributed by atoms with E-state index in [1.54, 1.807) is 25.3 Å². The minimum Gasteiger partial charge on any atom is -0.494 e. The number of rotatable bonds is 5. The molecule has 8 heteroatoms. The third-order valence-electron chi connectivity index (χ3n) is 4.92. The van der Waals surface area contributed by atoms with E-state index in [0.717, 1.165) is 21.4 Å². The Bertz CT molecular complexity index is 914. The van der Waals surface area contributed by atoms with Crippen LogP contribution in [0.15, 0.2) is 30.5 Å². The summed E-state index contributed by atoms with van der Waals surface area (Å²) < 4.78 is 5.34. The second-order valence-electron chi connectivity index (χ2n) is 6.59. The van der Waals surface area contributed by atoms with E-state index in [-0.39, 0.29) is 18.2 Å². The van der Waals surface area contributed by atoms with Gasteiger partial charge in [0.15, 0.2) is 0 Å². The maximum atomic E-state index is 12.6. The third kappa shape index (κ3) is 3.30. The quantitative estimate of drug-likeness (QED) is 0.745. The Hall–Kier alpha value is -3.16. The Morgan fingerprint density at radius 1 is 1.26 bits per heavy atom. The zero-order valence-corrected chi connectivity index (χ0v) is 15.8. The van der Waals surface area contributed by atoms with Crippen LogP contribution in [0, 0.1) is 0 Å². The monoisotopic (exact) mass is 370 g/mol. The number of imide groups is 1. The SMILES string of the molecule is COc1ccc(CN(C)C(=O)CC2C(=O)N(C)C(=O)N2C)c2cccnc12. The molecule has 8 nitrogen and oxygen atoms in total. The fourth-order valence-corrected chi connectivity index (χ4v) is 3.25. The fraction of sp³-hybridized carbons (Fsp3) is 0.368. The van der Waals surface area contributed by atoms with Crippen LogP contribution in [0.2, 0.25) is 0 Å². The molecule has 1 aliphatic rings. The number of likely N-dealkylation sites (N-methyl/N-ethyl adjacent to an activating group) is 2. The summed E-state index contributed by atoms with van der Waals surface area (Å²) in [5.74, 6) is 0.0996. The molecule has 1 atom stereocenters. The van der Waals surface area contributed by atoms with Crippen LogP contribution in [-0.2, 0) is 16.1 Å². The second-order valence-corrected chi connectivity index (χ2v) is 6.59. The molecule has 1 saturated heterocycles. The van der Waals surface area contributed by atoms with Crippen LogP contribution in [0.5, 0.6) is 5.75 Å². The van der Waals surface area contributed by atoms with Crippen molar-refractivity contribution in [3.8, 4) is 5.75 Å². The number of hydrogen-bond acceptors (Lipinski definition) is 5. The zero-order valence-electron chi connectivity index (χ0n) is 15.8. The highest BCUT2D eigenvalue weighted by atomic mass is 16.5. The summed E-state index contributed by atoms with van der Waals surface area (Å²) in [5.41, 5.74) is 1.66. The van der Waals surface area contributed by atoms with Crippen LogP contribution < -0.4 is 4.74 Å². The number of pyridine rings is 1. The van der Waals surface area contributed by atoms with Gasteiger partial charge < -0.3 is 14.5 Å². The number of aromatic nitrogens is 1. The number of carbonyl (C=O) groups is 3. The highest BCUT2D eigenvalue weighted by molar-refractivity contribution is 6.05. The summed E-state index contributed by atoms with van der Waals surface area (Å²) in [5, 5.41) is 0.903. The fourth-order valence-electron chi connectivity index (χ4n) is 3.25. The number of fused-ring (bicyclic) bond motifs is 1. The predicted molar refractivity (Wildman–Crippen MR) is 99.1 cm³/mol. The number of urea groups is 1. The van der Waals surface area contributed by atoms with Crippen LogP contribution >= 0.6 is 0 Å². The first kappa shape index (κ1) is 18.6. The number of hydrogen-bond donors (Lipinski definition) is 0. The first-order valence-electron chi connectivity index (χ1n) is 8.54. The first-order chi connectivity index (χ1) is 12.8. The Kier molecular flexibility index (Phi) is 4.98. The summed E-state index contributed by atoms with van der Waals surface area (Å²) in [6.45, 7) is 0.361. The topological polar surface area (TPSA) is 83.0 Å². The molecule has 1 aliphatic heterocycles. The van der Waals surface area contributed by atoms with Crippen molar-refractivity contribution in [2.75, 3.05) is 28.3 Å². The van der Waals surface area contributed by atoms with Crippen LogP contribution in [-0.4, -0.2) is 71.8 Å². The van der Waals surface area contributed by atoms with Crippen molar-refractivity contribution in [2.24, 2.45) is 0 Å². The highest BCUT2D eigenvalue weighted by Gasteiger charge is 2.42. The molecule has 3 rings (SSSR count). The van der Waals surface area contributed by atoms with E-state index in [1.165, 1.54) is 19.0 Å². The van der Waals surface area contributed by atoms with Gasteiger partial charge in [-0.2, -0.15) is 0 Å². The molecule has 0 aliphatic carbocycles. The Morgan fingerprint density at radius 2 is 2.00 bits per heavy atom. The lowest BCUT2D eigenvalue weighted by Crippen LogP contribution is -2.38. The predicted octanol–water partition coefficient (Wildman–Crippen LogP) is 1.48. The van der Waals surface area contributed by atoms with Gasteiger partial charge in [-0.25, -0.2) is 4.79 Å². The smallest absolute Gasteiger partial charge is 0.326 e. The van der Waals surface area contributed by atoms with Gasteiger partial charge in [-0.1, -0.05) is 12.1 Å². The van der Waals surface area contributed by atoms with Crippen LogP contribution in [0.1, 0.15) is 12.0 Å². The van der Waals surface area contributed by atoms with E-state index >= 15 is 0 Å². The third-order valence-corrected chi connectivity index (χ3v) is 4.92. The van der Waals surface area contributed by atoms with E-state index in [1.807, 2.05) is 24.3 Å². The van der Waals surface area contributed by atoms with E-state index < -0.39 is 12.1 Å². The first-order valence-corrected chi connectivity index (χ1v) is 8.54. The average molecular weight is 370 g/mol. The number of ether oxygens (including phenoxy) is 1. The number of benzene rings is 1. The van der Waals surface area contributed by atoms with Crippen molar-refractivity contribution in [2.45, 2.75) is 19.0 Å².